The van der Waals surface area contributed by atoms with Crippen LogP contribution in [0.25, 0.3) is 11.3 Å². The van der Waals surface area contributed by atoms with Crippen LogP contribution in [0.1, 0.15) is 49.3 Å². The Bertz CT molecular complexity index is 954. The topological polar surface area (TPSA) is 74.8 Å². The second kappa shape index (κ2) is 6.76. The molecule has 2 aromatic heterocycles. The van der Waals surface area contributed by atoms with Gasteiger partial charge in [-0.1, -0.05) is 19.3 Å². The number of hydrogen-bond donors (Lipinski definition) is 0. The monoisotopic (exact) mass is 367 g/mol. The Hall–Kier alpha value is -2.33. The van der Waals surface area contributed by atoms with E-state index in [4.69, 9.17) is 0 Å². The van der Waals surface area contributed by atoms with E-state index in [1.165, 1.54) is 19.3 Å². The first-order chi connectivity index (χ1) is 12.6. The predicted molar refractivity (Wildman–Crippen MR) is 102 cm³/mol. The van der Waals surface area contributed by atoms with Gasteiger partial charge >= 0.3 is 0 Å². The zero-order chi connectivity index (χ0) is 18.3. The van der Waals surface area contributed by atoms with E-state index in [1.807, 2.05) is 23.6 Å². The fraction of sp³-hybridized carbons (Fsp3) is 0.474. The maximum Gasteiger partial charge on any atom is 0.258 e. The van der Waals surface area contributed by atoms with Gasteiger partial charge in [0.25, 0.3) is 5.56 Å². The Balaban J connectivity index is 1.90. The van der Waals surface area contributed by atoms with Crippen molar-refractivity contribution in [3.8, 4) is 17.3 Å². The number of nitriles is 1. The Labute approximate surface area is 156 Å². The molecule has 26 heavy (non-hydrogen) atoms. The number of pyridine rings is 1. The van der Waals surface area contributed by atoms with Gasteiger partial charge in [0.1, 0.15) is 11.1 Å². The first kappa shape index (κ1) is 17.1. The van der Waals surface area contributed by atoms with Crippen LogP contribution < -0.4 is 10.5 Å². The van der Waals surface area contributed by atoms with Crippen LogP contribution in [-0.2, 0) is 5.75 Å². The second-order valence-electron chi connectivity index (χ2n) is 7.07. The van der Waals surface area contributed by atoms with E-state index in [0.717, 1.165) is 34.7 Å². The third-order valence-electron chi connectivity index (χ3n) is 5.23. The van der Waals surface area contributed by atoms with Gasteiger partial charge in [-0.05, 0) is 12.8 Å². The summed E-state index contributed by atoms with van der Waals surface area (Å²) >= 11 is 1.55. The van der Waals surface area contributed by atoms with E-state index in [9.17, 15) is 10.1 Å². The summed E-state index contributed by atoms with van der Waals surface area (Å²) in [6, 6.07) is 2.47. The molecule has 0 atom stereocenters. The van der Waals surface area contributed by atoms with Crippen LogP contribution in [0.5, 0.6) is 0 Å². The van der Waals surface area contributed by atoms with Gasteiger partial charge in [-0.2, -0.15) is 5.26 Å². The van der Waals surface area contributed by atoms with E-state index in [-0.39, 0.29) is 11.6 Å². The Morgan fingerprint density at radius 1 is 1.27 bits per heavy atom. The summed E-state index contributed by atoms with van der Waals surface area (Å²) in [6.45, 7) is 0. The largest absolute Gasteiger partial charge is 0.376 e. The zero-order valence-corrected chi connectivity index (χ0v) is 15.8. The number of fused-ring (bicyclic) bond motifs is 3. The average Bonchev–Trinajstić information content (AvgIpc) is 2.67. The van der Waals surface area contributed by atoms with Gasteiger partial charge in [-0.15, -0.1) is 11.8 Å². The van der Waals surface area contributed by atoms with Gasteiger partial charge < -0.3 is 4.90 Å². The molecule has 0 radical (unpaired) electrons. The summed E-state index contributed by atoms with van der Waals surface area (Å²) in [5.74, 6) is 0.577. The van der Waals surface area contributed by atoms with E-state index >= 15 is 0 Å². The minimum Gasteiger partial charge on any atom is -0.376 e. The van der Waals surface area contributed by atoms with Gasteiger partial charge in [0.15, 0.2) is 0 Å². The van der Waals surface area contributed by atoms with Crippen molar-refractivity contribution in [3.63, 3.8) is 0 Å². The first-order valence-corrected chi connectivity index (χ1v) is 9.94. The molecule has 0 N–H and O–H groups in total. The molecule has 6 nitrogen and oxygen atoms in total. The molecule has 1 fully saturated rings. The average molecular weight is 367 g/mol. The van der Waals surface area contributed by atoms with Crippen LogP contribution in [0.2, 0.25) is 0 Å². The summed E-state index contributed by atoms with van der Waals surface area (Å²) in [4.78, 5) is 24.2. The molecule has 0 unspecified atom stereocenters. The molecule has 4 rings (SSSR count). The third kappa shape index (κ3) is 2.69. The summed E-state index contributed by atoms with van der Waals surface area (Å²) in [6.07, 6.45) is 9.00. The molecule has 0 spiro atoms. The number of nitrogens with zero attached hydrogens (tertiary/aromatic N) is 5. The highest BCUT2D eigenvalue weighted by atomic mass is 32.2. The highest BCUT2D eigenvalue weighted by molar-refractivity contribution is 7.98. The lowest BCUT2D eigenvalue weighted by molar-refractivity contribution is 0.343. The van der Waals surface area contributed by atoms with Crippen molar-refractivity contribution in [1.82, 2.24) is 14.5 Å². The van der Waals surface area contributed by atoms with Gasteiger partial charge in [0, 0.05) is 32.1 Å². The molecule has 0 aromatic carbocycles. The van der Waals surface area contributed by atoms with Gasteiger partial charge in [0.2, 0.25) is 0 Å². The predicted octanol–water partition coefficient (Wildman–Crippen LogP) is 3.35. The van der Waals surface area contributed by atoms with Crippen molar-refractivity contribution in [2.24, 2.45) is 0 Å². The summed E-state index contributed by atoms with van der Waals surface area (Å²) in [5, 5.41) is 10.3. The number of aromatic nitrogens is 3. The molecular formula is C19H21N5OS. The fourth-order valence-electron chi connectivity index (χ4n) is 3.97. The van der Waals surface area contributed by atoms with Gasteiger partial charge in [-0.25, -0.2) is 9.97 Å². The maximum absolute atomic E-state index is 13.2. The highest BCUT2D eigenvalue weighted by Crippen LogP contribution is 2.44. The summed E-state index contributed by atoms with van der Waals surface area (Å²) in [5.41, 5.74) is 3.58. The number of anilines is 1. The van der Waals surface area contributed by atoms with Gasteiger partial charge in [-0.3, -0.25) is 9.36 Å². The summed E-state index contributed by atoms with van der Waals surface area (Å²) in [7, 11) is 3.80. The molecule has 2 aromatic rings. The number of thioether (sulfide) groups is 1. The molecule has 0 amide bonds. The molecule has 7 heteroatoms. The van der Waals surface area contributed by atoms with E-state index in [0.29, 0.717) is 17.0 Å². The zero-order valence-electron chi connectivity index (χ0n) is 15.0. The Morgan fingerprint density at radius 3 is 2.73 bits per heavy atom. The second-order valence-corrected chi connectivity index (χ2v) is 8.04. The molecule has 0 saturated heterocycles. The van der Waals surface area contributed by atoms with E-state index in [1.54, 1.807) is 24.3 Å². The highest BCUT2D eigenvalue weighted by Gasteiger charge is 2.29. The van der Waals surface area contributed by atoms with Crippen molar-refractivity contribution in [2.75, 3.05) is 19.0 Å². The third-order valence-corrected chi connectivity index (χ3v) is 6.25. The quantitative estimate of drug-likeness (QED) is 0.810. The Morgan fingerprint density at radius 2 is 2.04 bits per heavy atom. The minimum absolute atomic E-state index is 0.0621. The van der Waals surface area contributed by atoms with Crippen LogP contribution in [-0.4, -0.2) is 28.6 Å². The SMILES string of the molecule is CN(C)c1c(C#N)cnc2c1-c1ncn(C3CCCCC3)c(=O)c1CS2. The smallest absolute Gasteiger partial charge is 0.258 e. The Kier molecular flexibility index (Phi) is 4.45. The van der Waals surface area contributed by atoms with Crippen molar-refractivity contribution in [2.45, 2.75) is 48.9 Å². The van der Waals surface area contributed by atoms with E-state index < -0.39 is 0 Å². The fourth-order valence-corrected chi connectivity index (χ4v) is 4.97. The normalized spacial score (nSPS) is 16.5. The first-order valence-electron chi connectivity index (χ1n) is 8.95. The molecule has 1 aliphatic carbocycles. The van der Waals surface area contributed by atoms with Crippen molar-refractivity contribution in [1.29, 1.82) is 5.26 Å². The van der Waals surface area contributed by atoms with E-state index in [2.05, 4.69) is 16.0 Å². The minimum atomic E-state index is 0.0621. The number of hydrogen-bond acceptors (Lipinski definition) is 6. The molecule has 1 saturated carbocycles. The molecule has 1 aliphatic heterocycles. The molecule has 0 bridgehead atoms. The molecular weight excluding hydrogens is 346 g/mol. The lowest BCUT2D eigenvalue weighted by atomic mass is 9.95. The number of rotatable bonds is 2. The standard InChI is InChI=1S/C19H21N5OS/c1-23(2)17-12(8-20)9-21-18-15(17)16-14(10-26-18)19(25)24(11-22-16)13-6-4-3-5-7-13/h9,11,13H,3-7,10H2,1-2H3. The van der Waals surface area contributed by atoms with Crippen LogP contribution in [0, 0.1) is 11.3 Å². The van der Waals surface area contributed by atoms with Crippen molar-refractivity contribution in [3.05, 3.63) is 34.0 Å². The molecule has 3 heterocycles. The maximum atomic E-state index is 13.2. The van der Waals surface area contributed by atoms with Crippen LogP contribution in [0.3, 0.4) is 0 Å². The molecule has 134 valence electrons. The van der Waals surface area contributed by atoms with Gasteiger partial charge in [0.05, 0.1) is 34.4 Å². The van der Waals surface area contributed by atoms with Crippen molar-refractivity contribution >= 4 is 17.4 Å². The lowest BCUT2D eigenvalue weighted by Gasteiger charge is -2.27. The van der Waals surface area contributed by atoms with Crippen molar-refractivity contribution < 1.29 is 0 Å². The van der Waals surface area contributed by atoms with Crippen LogP contribution in [0.15, 0.2) is 22.3 Å². The lowest BCUT2D eigenvalue weighted by Crippen LogP contribution is -2.30. The van der Waals surface area contributed by atoms with Crippen LogP contribution >= 0.6 is 11.8 Å². The molecule has 2 aliphatic rings. The summed E-state index contributed by atoms with van der Waals surface area (Å²) < 4.78 is 1.83. The van der Waals surface area contributed by atoms with Crippen LogP contribution in [0.4, 0.5) is 5.69 Å².